The van der Waals surface area contributed by atoms with Crippen molar-refractivity contribution in [3.63, 3.8) is 0 Å². The van der Waals surface area contributed by atoms with Crippen LogP contribution in [0.5, 0.6) is 0 Å². The molecule has 2 amide bonds. The molecule has 0 saturated carbocycles. The minimum absolute atomic E-state index is 0.0494. The van der Waals surface area contributed by atoms with Crippen LogP contribution in [0.15, 0.2) is 78.1 Å². The van der Waals surface area contributed by atoms with E-state index in [2.05, 4.69) is 62.3 Å². The van der Waals surface area contributed by atoms with Crippen molar-refractivity contribution < 1.29 is 18.4 Å². The zero-order valence-corrected chi connectivity index (χ0v) is 30.8. The van der Waals surface area contributed by atoms with E-state index in [1.165, 1.54) is 12.1 Å². The van der Waals surface area contributed by atoms with Crippen molar-refractivity contribution in [2.75, 3.05) is 18.0 Å². The number of carbonyl (C=O) groups excluding carboxylic acids is 2. The molecule has 6 heterocycles. The maximum Gasteiger partial charge on any atom is 0.282 e. The summed E-state index contributed by atoms with van der Waals surface area (Å²) in [6, 6.07) is 14.4. The van der Waals surface area contributed by atoms with Crippen LogP contribution in [0.2, 0.25) is 5.02 Å². The Morgan fingerprint density at radius 3 is 2.44 bits per heavy atom. The van der Waals surface area contributed by atoms with E-state index >= 15 is 8.78 Å². The number of aromatic nitrogens is 6. The Morgan fingerprint density at radius 2 is 1.71 bits per heavy atom. The first-order chi connectivity index (χ1) is 26.5. The van der Waals surface area contributed by atoms with Gasteiger partial charge in [-0.2, -0.15) is 10.1 Å². The number of hydrogen-bond donors (Lipinski definition) is 1. The molecular weight excluding hydrogens is 726 g/mol. The van der Waals surface area contributed by atoms with Gasteiger partial charge in [0, 0.05) is 36.8 Å². The third kappa shape index (κ3) is 5.97. The number of carbonyl (C=O) groups is 2. The normalized spacial score (nSPS) is 18.1. The molecule has 0 spiro atoms. The van der Waals surface area contributed by atoms with Gasteiger partial charge in [0.1, 0.15) is 23.3 Å². The highest BCUT2D eigenvalue weighted by Crippen LogP contribution is 2.44. The smallest absolute Gasteiger partial charge is 0.282 e. The number of nitrogens with one attached hydrogen (secondary N) is 1. The summed E-state index contributed by atoms with van der Waals surface area (Å²) in [7, 11) is 0. The van der Waals surface area contributed by atoms with Crippen molar-refractivity contribution in [2.24, 2.45) is 0 Å². The first kappa shape index (κ1) is 34.9. The van der Waals surface area contributed by atoms with E-state index in [9.17, 15) is 14.4 Å². The highest BCUT2D eigenvalue weighted by molar-refractivity contribution is 6.35. The Bertz CT molecular complexity index is 2590. The number of benzene rings is 3. The zero-order valence-electron chi connectivity index (χ0n) is 30.0. The fraction of sp³-hybridized carbons (Fsp3) is 0.293. The first-order valence-electron chi connectivity index (χ1n) is 18.2. The molecule has 14 heteroatoms. The molecule has 11 nitrogen and oxygen atoms in total. The number of halogens is 3. The SMILES string of the molecule is CC1(C)c2ccc(-c3cnn(Cc4cnc(N5CCC(c6cc(F)c(C7CCC(=O)NC7=O)c(F)c6)CC5)cn4)c3)cc2-n2c1nc(=O)c1c(Cl)cccc12. The summed E-state index contributed by atoms with van der Waals surface area (Å²) in [5, 5.41) is 7.55. The van der Waals surface area contributed by atoms with Gasteiger partial charge in [0.25, 0.3) is 5.56 Å². The van der Waals surface area contributed by atoms with Crippen LogP contribution in [0.25, 0.3) is 27.7 Å². The average Bonchev–Trinajstić information content (AvgIpc) is 3.72. The molecule has 3 aromatic heterocycles. The molecule has 0 radical (unpaired) electrons. The molecule has 3 aliphatic heterocycles. The van der Waals surface area contributed by atoms with E-state index in [0.29, 0.717) is 54.3 Å². The Balaban J connectivity index is 0.870. The van der Waals surface area contributed by atoms with Crippen molar-refractivity contribution in [2.45, 2.75) is 63.3 Å². The van der Waals surface area contributed by atoms with Crippen LogP contribution in [-0.2, 0) is 21.5 Å². The number of nitrogens with zero attached hydrogens (tertiary/aromatic N) is 7. The van der Waals surface area contributed by atoms with Gasteiger partial charge in [-0.3, -0.25) is 33.9 Å². The van der Waals surface area contributed by atoms with Crippen LogP contribution in [0.1, 0.15) is 79.6 Å². The number of piperidine rings is 2. The van der Waals surface area contributed by atoms with Crippen molar-refractivity contribution in [1.82, 2.24) is 34.6 Å². The molecule has 1 N–H and O–H groups in total. The molecule has 55 heavy (non-hydrogen) atoms. The molecule has 9 rings (SSSR count). The van der Waals surface area contributed by atoms with Gasteiger partial charge in [-0.1, -0.05) is 29.8 Å². The van der Waals surface area contributed by atoms with Crippen LogP contribution in [0, 0.1) is 11.6 Å². The van der Waals surface area contributed by atoms with Gasteiger partial charge in [-0.05, 0) is 86.1 Å². The number of rotatable bonds is 6. The lowest BCUT2D eigenvalue weighted by Gasteiger charge is -2.33. The third-order valence-electron chi connectivity index (χ3n) is 11.3. The molecule has 3 aromatic carbocycles. The lowest BCUT2D eigenvalue weighted by molar-refractivity contribution is -0.134. The fourth-order valence-corrected chi connectivity index (χ4v) is 8.63. The van der Waals surface area contributed by atoms with Gasteiger partial charge in [0.15, 0.2) is 0 Å². The van der Waals surface area contributed by atoms with E-state index in [0.717, 1.165) is 39.4 Å². The summed E-state index contributed by atoms with van der Waals surface area (Å²) >= 11 is 6.46. The van der Waals surface area contributed by atoms with Gasteiger partial charge in [0.2, 0.25) is 11.8 Å². The topological polar surface area (TPSA) is 128 Å². The quantitative estimate of drug-likeness (QED) is 0.189. The molecule has 2 fully saturated rings. The van der Waals surface area contributed by atoms with Crippen LogP contribution in [0.3, 0.4) is 0 Å². The van der Waals surface area contributed by atoms with Crippen LogP contribution < -0.4 is 15.8 Å². The zero-order chi connectivity index (χ0) is 38.2. The van der Waals surface area contributed by atoms with Crippen molar-refractivity contribution in [3.05, 3.63) is 129 Å². The Hall–Kier alpha value is -5.82. The Kier molecular flexibility index (Phi) is 8.37. The highest BCUT2D eigenvalue weighted by Gasteiger charge is 2.39. The Labute approximate surface area is 319 Å². The highest BCUT2D eigenvalue weighted by atomic mass is 35.5. The summed E-state index contributed by atoms with van der Waals surface area (Å²) in [6.07, 6.45) is 8.72. The summed E-state index contributed by atoms with van der Waals surface area (Å²) in [5.74, 6) is -2.28. The van der Waals surface area contributed by atoms with Gasteiger partial charge >= 0.3 is 0 Å². The predicted molar refractivity (Wildman–Crippen MR) is 203 cm³/mol. The van der Waals surface area contributed by atoms with Gasteiger partial charge in [0.05, 0.1) is 63.8 Å². The van der Waals surface area contributed by atoms with Crippen molar-refractivity contribution in [1.29, 1.82) is 0 Å². The van der Waals surface area contributed by atoms with E-state index in [4.69, 9.17) is 11.6 Å². The van der Waals surface area contributed by atoms with Gasteiger partial charge in [-0.25, -0.2) is 13.8 Å². The lowest BCUT2D eigenvalue weighted by Crippen LogP contribution is -2.40. The van der Waals surface area contributed by atoms with Crippen molar-refractivity contribution in [3.8, 4) is 16.8 Å². The molecular formula is C41H35ClF2N8O3. The molecule has 0 bridgehead atoms. The number of fused-ring (bicyclic) bond motifs is 5. The predicted octanol–water partition coefficient (Wildman–Crippen LogP) is 6.56. The summed E-state index contributed by atoms with van der Waals surface area (Å²) in [5.41, 5.74) is 4.81. The van der Waals surface area contributed by atoms with E-state index < -0.39 is 34.8 Å². The molecule has 1 unspecified atom stereocenters. The summed E-state index contributed by atoms with van der Waals surface area (Å²) in [4.78, 5) is 52.7. The summed E-state index contributed by atoms with van der Waals surface area (Å²) < 4.78 is 34.2. The standard InChI is InChI=1S/C41H35ClF2N8O3/c1-41(2)28-8-6-23(16-33(28)52-32-5-3-4-29(42)37(32)39(55)49-40(41)52)25-17-47-51(20-25)21-26-18-46-34(19-45-26)50-12-10-22(11-13-50)24-14-30(43)36(31(44)15-24)27-7-9-35(53)48-38(27)54/h3-6,8,14-20,22,27H,7,9-13,21H2,1-2H3,(H,48,53,54). The van der Waals surface area contributed by atoms with Crippen LogP contribution in [-0.4, -0.2) is 54.2 Å². The second-order valence-corrected chi connectivity index (χ2v) is 15.4. The number of amides is 2. The van der Waals surface area contributed by atoms with Crippen molar-refractivity contribution >= 4 is 40.1 Å². The van der Waals surface area contributed by atoms with Crippen LogP contribution in [0.4, 0.5) is 14.6 Å². The fourth-order valence-electron chi connectivity index (χ4n) is 8.38. The average molecular weight is 761 g/mol. The first-order valence-corrected chi connectivity index (χ1v) is 18.6. The van der Waals surface area contributed by atoms with Gasteiger partial charge in [-0.15, -0.1) is 0 Å². The number of imide groups is 1. The maximum atomic E-state index is 15.2. The maximum absolute atomic E-state index is 15.2. The minimum atomic E-state index is -1.02. The van der Waals surface area contributed by atoms with Gasteiger partial charge < -0.3 is 4.90 Å². The van der Waals surface area contributed by atoms with E-state index in [1.54, 1.807) is 18.5 Å². The molecule has 3 aliphatic rings. The largest absolute Gasteiger partial charge is 0.355 e. The monoisotopic (exact) mass is 760 g/mol. The molecule has 278 valence electrons. The second-order valence-electron chi connectivity index (χ2n) is 15.0. The molecule has 2 saturated heterocycles. The molecule has 1 atom stereocenters. The third-order valence-corrected chi connectivity index (χ3v) is 11.6. The number of hydrogen-bond acceptors (Lipinski definition) is 8. The van der Waals surface area contributed by atoms with Crippen LogP contribution >= 0.6 is 11.6 Å². The summed E-state index contributed by atoms with van der Waals surface area (Å²) in [6.45, 7) is 5.82. The minimum Gasteiger partial charge on any atom is -0.355 e. The Morgan fingerprint density at radius 1 is 0.927 bits per heavy atom. The molecule has 0 aliphatic carbocycles. The van der Waals surface area contributed by atoms with E-state index in [1.807, 2.05) is 33.8 Å². The number of anilines is 1. The molecule has 6 aromatic rings. The second kappa shape index (κ2) is 13.2. The lowest BCUT2D eigenvalue weighted by atomic mass is 9.85. The van der Waals surface area contributed by atoms with E-state index in [-0.39, 0.29) is 29.9 Å².